The molecule has 0 aliphatic rings. The van der Waals surface area contributed by atoms with Crippen molar-refractivity contribution in [2.75, 3.05) is 10.6 Å². The zero-order chi connectivity index (χ0) is 19.2. The first-order valence-electron chi connectivity index (χ1n) is 9.17. The highest BCUT2D eigenvalue weighted by Gasteiger charge is 2.13. The van der Waals surface area contributed by atoms with E-state index in [1.165, 1.54) is 0 Å². The summed E-state index contributed by atoms with van der Waals surface area (Å²) in [4.78, 5) is 13.1. The molecule has 0 bridgehead atoms. The average Bonchev–Trinajstić information content (AvgIpc) is 2.76. The van der Waals surface area contributed by atoms with Gasteiger partial charge in [-0.05, 0) is 60.7 Å². The molecule has 2 N–H and O–H groups in total. The topological polar surface area (TPSA) is 41.1 Å². The predicted molar refractivity (Wildman–Crippen MR) is 116 cm³/mol. The molecule has 3 heteroatoms. The first-order valence-corrected chi connectivity index (χ1v) is 9.17. The molecule has 0 radical (unpaired) electrons. The highest BCUT2D eigenvalue weighted by Crippen LogP contribution is 2.24. The third-order valence-electron chi connectivity index (χ3n) is 4.43. The Hall–Kier alpha value is -3.85. The Balaban J connectivity index is 1.55. The van der Waals surface area contributed by atoms with E-state index in [9.17, 15) is 4.79 Å². The third kappa shape index (κ3) is 4.10. The molecule has 0 atom stereocenters. The van der Waals surface area contributed by atoms with Crippen LogP contribution < -0.4 is 10.6 Å². The van der Waals surface area contributed by atoms with Crippen LogP contribution in [0.3, 0.4) is 0 Å². The van der Waals surface area contributed by atoms with Gasteiger partial charge in [0, 0.05) is 33.9 Å². The van der Waals surface area contributed by atoms with Crippen molar-refractivity contribution in [3.05, 3.63) is 120 Å². The summed E-state index contributed by atoms with van der Waals surface area (Å²) in [5.74, 6) is -0.00899. The second-order valence-corrected chi connectivity index (χ2v) is 6.43. The van der Waals surface area contributed by atoms with E-state index in [4.69, 9.17) is 0 Å². The van der Waals surface area contributed by atoms with E-state index in [0.717, 1.165) is 22.7 Å². The second kappa shape index (κ2) is 8.23. The number of anilines is 4. The highest BCUT2D eigenvalue weighted by atomic mass is 16.1. The van der Waals surface area contributed by atoms with E-state index < -0.39 is 0 Å². The van der Waals surface area contributed by atoms with Crippen molar-refractivity contribution in [2.45, 2.75) is 0 Å². The number of rotatable bonds is 6. The minimum atomic E-state index is -0.00899. The molecule has 0 fully saturated rings. The van der Waals surface area contributed by atoms with E-state index in [-0.39, 0.29) is 5.78 Å². The summed E-state index contributed by atoms with van der Waals surface area (Å²) < 4.78 is 0. The molecular formula is C25H20N2O. The number of para-hydroxylation sites is 3. The normalized spacial score (nSPS) is 10.3. The van der Waals surface area contributed by atoms with Crippen LogP contribution in [0.2, 0.25) is 0 Å². The van der Waals surface area contributed by atoms with Crippen LogP contribution in [0.25, 0.3) is 0 Å². The molecule has 4 rings (SSSR count). The van der Waals surface area contributed by atoms with Gasteiger partial charge in [0.1, 0.15) is 0 Å². The van der Waals surface area contributed by atoms with Crippen LogP contribution in [0.4, 0.5) is 22.7 Å². The van der Waals surface area contributed by atoms with Crippen molar-refractivity contribution in [3.63, 3.8) is 0 Å². The van der Waals surface area contributed by atoms with Gasteiger partial charge in [0.2, 0.25) is 0 Å². The SMILES string of the molecule is O=C(c1ccc(Nc2ccccc2)cc1)c1ccccc1Nc1ccccc1. The molecule has 0 amide bonds. The van der Waals surface area contributed by atoms with Gasteiger partial charge in [0.15, 0.2) is 5.78 Å². The zero-order valence-electron chi connectivity index (χ0n) is 15.3. The maximum absolute atomic E-state index is 13.1. The van der Waals surface area contributed by atoms with Gasteiger partial charge in [-0.15, -0.1) is 0 Å². The van der Waals surface area contributed by atoms with Crippen molar-refractivity contribution in [3.8, 4) is 0 Å². The smallest absolute Gasteiger partial charge is 0.195 e. The number of ketones is 1. The number of carbonyl (C=O) groups is 1. The third-order valence-corrected chi connectivity index (χ3v) is 4.43. The summed E-state index contributed by atoms with van der Waals surface area (Å²) in [6.07, 6.45) is 0. The molecule has 0 aromatic heterocycles. The average molecular weight is 364 g/mol. The summed E-state index contributed by atoms with van der Waals surface area (Å²) in [6, 6.07) is 34.9. The van der Waals surface area contributed by atoms with Crippen LogP contribution in [-0.2, 0) is 0 Å². The predicted octanol–water partition coefficient (Wildman–Crippen LogP) is 6.40. The van der Waals surface area contributed by atoms with Crippen molar-refractivity contribution in [2.24, 2.45) is 0 Å². The maximum Gasteiger partial charge on any atom is 0.195 e. The lowest BCUT2D eigenvalue weighted by Crippen LogP contribution is -2.05. The van der Waals surface area contributed by atoms with E-state index in [0.29, 0.717) is 11.1 Å². The van der Waals surface area contributed by atoms with Gasteiger partial charge in [-0.3, -0.25) is 4.79 Å². The van der Waals surface area contributed by atoms with Crippen LogP contribution in [0.1, 0.15) is 15.9 Å². The van der Waals surface area contributed by atoms with Crippen molar-refractivity contribution >= 4 is 28.5 Å². The van der Waals surface area contributed by atoms with Gasteiger partial charge < -0.3 is 10.6 Å². The molecule has 4 aromatic carbocycles. The Morgan fingerprint density at radius 1 is 0.500 bits per heavy atom. The van der Waals surface area contributed by atoms with E-state index in [1.807, 2.05) is 109 Å². The van der Waals surface area contributed by atoms with E-state index in [1.54, 1.807) is 0 Å². The maximum atomic E-state index is 13.1. The van der Waals surface area contributed by atoms with Gasteiger partial charge in [0.25, 0.3) is 0 Å². The molecule has 0 aliphatic heterocycles. The molecule has 4 aromatic rings. The largest absolute Gasteiger partial charge is 0.356 e. The first-order chi connectivity index (χ1) is 13.8. The molecule has 0 heterocycles. The summed E-state index contributed by atoms with van der Waals surface area (Å²) in [5.41, 5.74) is 5.00. The second-order valence-electron chi connectivity index (χ2n) is 6.43. The molecule has 28 heavy (non-hydrogen) atoms. The van der Waals surface area contributed by atoms with Crippen LogP contribution >= 0.6 is 0 Å². The molecular weight excluding hydrogens is 344 g/mol. The fraction of sp³-hybridized carbons (Fsp3) is 0. The molecule has 3 nitrogen and oxygen atoms in total. The number of hydrogen-bond donors (Lipinski definition) is 2. The molecule has 0 aliphatic carbocycles. The number of benzene rings is 4. The summed E-state index contributed by atoms with van der Waals surface area (Å²) in [5, 5.41) is 6.66. The molecule has 0 saturated carbocycles. The zero-order valence-corrected chi connectivity index (χ0v) is 15.3. The minimum Gasteiger partial charge on any atom is -0.356 e. The number of nitrogens with one attached hydrogen (secondary N) is 2. The van der Waals surface area contributed by atoms with Gasteiger partial charge in [-0.1, -0.05) is 48.5 Å². The number of carbonyl (C=O) groups excluding carboxylic acids is 1. The lowest BCUT2D eigenvalue weighted by Gasteiger charge is -2.12. The minimum absolute atomic E-state index is 0.00899. The van der Waals surface area contributed by atoms with E-state index >= 15 is 0 Å². The lowest BCUT2D eigenvalue weighted by molar-refractivity contribution is 0.103. The molecule has 0 unspecified atom stereocenters. The van der Waals surface area contributed by atoms with Crippen LogP contribution in [-0.4, -0.2) is 5.78 Å². The van der Waals surface area contributed by atoms with Gasteiger partial charge >= 0.3 is 0 Å². The van der Waals surface area contributed by atoms with Crippen LogP contribution in [0.5, 0.6) is 0 Å². The Morgan fingerprint density at radius 3 is 1.64 bits per heavy atom. The monoisotopic (exact) mass is 364 g/mol. The molecule has 0 saturated heterocycles. The number of hydrogen-bond acceptors (Lipinski definition) is 3. The lowest BCUT2D eigenvalue weighted by atomic mass is 10.0. The van der Waals surface area contributed by atoms with Crippen molar-refractivity contribution < 1.29 is 4.79 Å². The standard InChI is InChI=1S/C25H20N2O/c28-25(19-15-17-22(18-16-19)26-20-9-3-1-4-10-20)23-13-7-8-14-24(23)27-21-11-5-2-6-12-21/h1-18,26-27H. The fourth-order valence-electron chi connectivity index (χ4n) is 3.02. The Bertz CT molecular complexity index is 1060. The summed E-state index contributed by atoms with van der Waals surface area (Å²) in [7, 11) is 0. The molecule has 0 spiro atoms. The molecule has 136 valence electrons. The fourth-order valence-corrected chi connectivity index (χ4v) is 3.02. The van der Waals surface area contributed by atoms with Gasteiger partial charge in [0.05, 0.1) is 0 Å². The summed E-state index contributed by atoms with van der Waals surface area (Å²) in [6.45, 7) is 0. The van der Waals surface area contributed by atoms with E-state index in [2.05, 4.69) is 10.6 Å². The quantitative estimate of drug-likeness (QED) is 0.389. The Kier molecular flexibility index (Phi) is 5.16. The Labute approximate surface area is 164 Å². The first kappa shape index (κ1) is 17.6. The summed E-state index contributed by atoms with van der Waals surface area (Å²) >= 11 is 0. The van der Waals surface area contributed by atoms with Crippen molar-refractivity contribution in [1.29, 1.82) is 0 Å². The Morgan fingerprint density at radius 2 is 1.00 bits per heavy atom. The van der Waals surface area contributed by atoms with Gasteiger partial charge in [-0.25, -0.2) is 0 Å². The van der Waals surface area contributed by atoms with Crippen LogP contribution in [0.15, 0.2) is 109 Å². The van der Waals surface area contributed by atoms with Crippen LogP contribution in [0, 0.1) is 0 Å². The highest BCUT2D eigenvalue weighted by molar-refractivity contribution is 6.12. The van der Waals surface area contributed by atoms with Crippen molar-refractivity contribution in [1.82, 2.24) is 0 Å². The van der Waals surface area contributed by atoms with Gasteiger partial charge in [-0.2, -0.15) is 0 Å².